The largest absolute Gasteiger partial charge is 0.395 e. The molecule has 8 nitrogen and oxygen atoms in total. The molecule has 2 rings (SSSR count). The van der Waals surface area contributed by atoms with Crippen molar-refractivity contribution >= 4 is 23.2 Å². The normalized spacial score (nSPS) is 10.1. The molecule has 25 heavy (non-hydrogen) atoms. The number of aliphatic hydroxyl groups excluding tert-OH is 1. The van der Waals surface area contributed by atoms with E-state index < -0.39 is 16.7 Å². The van der Waals surface area contributed by atoms with Crippen LogP contribution in [-0.2, 0) is 16.1 Å². The van der Waals surface area contributed by atoms with Crippen LogP contribution < -0.4 is 5.32 Å². The van der Waals surface area contributed by atoms with Crippen molar-refractivity contribution < 1.29 is 19.6 Å². The Kier molecular flexibility index (Phi) is 6.19. The number of hydrogen-bond donors (Lipinski definition) is 2. The summed E-state index contributed by atoms with van der Waals surface area (Å²) in [6.07, 6.45) is 0. The van der Waals surface area contributed by atoms with Gasteiger partial charge in [-0.15, -0.1) is 0 Å². The highest BCUT2D eigenvalue weighted by molar-refractivity contribution is 6.39. The average molecular weight is 343 g/mol. The van der Waals surface area contributed by atoms with Crippen LogP contribution in [0.4, 0.5) is 11.4 Å². The molecule has 8 heteroatoms. The van der Waals surface area contributed by atoms with Crippen LogP contribution in [0.2, 0.25) is 0 Å². The molecule has 130 valence electrons. The first-order valence-corrected chi connectivity index (χ1v) is 7.51. The summed E-state index contributed by atoms with van der Waals surface area (Å²) in [6.45, 7) is -0.195. The molecule has 0 heterocycles. The van der Waals surface area contributed by atoms with Crippen LogP contribution in [0.5, 0.6) is 0 Å². The lowest BCUT2D eigenvalue weighted by Gasteiger charge is -2.21. The number of rotatable bonds is 6. The molecule has 0 aromatic heterocycles. The molecule has 0 saturated carbocycles. The SMILES string of the molecule is O=C(Nc1ccccc1[N+](=O)[O-])C(=O)N(CCO)Cc1ccccc1. The van der Waals surface area contributed by atoms with E-state index in [0.717, 1.165) is 5.56 Å². The number of anilines is 1. The predicted molar refractivity (Wildman–Crippen MR) is 90.7 cm³/mol. The fraction of sp³-hybridized carbons (Fsp3) is 0.176. The maximum atomic E-state index is 12.4. The third-order valence-corrected chi connectivity index (χ3v) is 3.42. The Labute approximate surface area is 143 Å². The zero-order valence-electron chi connectivity index (χ0n) is 13.3. The van der Waals surface area contributed by atoms with E-state index in [0.29, 0.717) is 0 Å². The van der Waals surface area contributed by atoms with E-state index in [-0.39, 0.29) is 31.1 Å². The van der Waals surface area contributed by atoms with E-state index in [9.17, 15) is 19.7 Å². The summed E-state index contributed by atoms with van der Waals surface area (Å²) in [6, 6.07) is 14.5. The third-order valence-electron chi connectivity index (χ3n) is 3.42. The van der Waals surface area contributed by atoms with Gasteiger partial charge in [0.25, 0.3) is 5.69 Å². The molecule has 2 N–H and O–H groups in total. The molecule has 0 fully saturated rings. The summed E-state index contributed by atoms with van der Waals surface area (Å²) >= 11 is 0. The van der Waals surface area contributed by atoms with E-state index in [4.69, 9.17) is 5.11 Å². The molecule has 2 aromatic rings. The summed E-state index contributed by atoms with van der Waals surface area (Å²) in [5, 5.41) is 22.4. The fourth-order valence-corrected chi connectivity index (χ4v) is 2.23. The highest BCUT2D eigenvalue weighted by atomic mass is 16.6. The third kappa shape index (κ3) is 4.85. The van der Waals surface area contributed by atoms with Gasteiger partial charge in [-0.25, -0.2) is 0 Å². The number of benzene rings is 2. The molecule has 0 bridgehead atoms. The first-order chi connectivity index (χ1) is 12.0. The van der Waals surface area contributed by atoms with Gasteiger partial charge < -0.3 is 15.3 Å². The molecule has 0 unspecified atom stereocenters. The van der Waals surface area contributed by atoms with Gasteiger partial charge in [-0.2, -0.15) is 0 Å². The van der Waals surface area contributed by atoms with Crippen molar-refractivity contribution in [3.8, 4) is 0 Å². The molecule has 0 saturated heterocycles. The summed E-state index contributed by atoms with van der Waals surface area (Å²) < 4.78 is 0. The van der Waals surface area contributed by atoms with Crippen molar-refractivity contribution in [2.24, 2.45) is 0 Å². The topological polar surface area (TPSA) is 113 Å². The van der Waals surface area contributed by atoms with Gasteiger partial charge in [0.1, 0.15) is 5.69 Å². The minimum absolute atomic E-state index is 0.0297. The Bertz CT molecular complexity index is 764. The summed E-state index contributed by atoms with van der Waals surface area (Å²) in [4.78, 5) is 36.1. The number of aliphatic hydroxyl groups is 1. The van der Waals surface area contributed by atoms with Gasteiger partial charge in [0.05, 0.1) is 11.5 Å². The number of nitro benzene ring substituents is 1. The molecule has 0 aliphatic heterocycles. The monoisotopic (exact) mass is 343 g/mol. The number of nitrogens with one attached hydrogen (secondary N) is 1. The van der Waals surface area contributed by atoms with E-state index in [2.05, 4.69) is 5.32 Å². The fourth-order valence-electron chi connectivity index (χ4n) is 2.23. The molecule has 0 atom stereocenters. The molecule has 0 radical (unpaired) electrons. The molecule has 0 aliphatic carbocycles. The second-order valence-corrected chi connectivity index (χ2v) is 5.16. The first kappa shape index (κ1) is 18.1. The van der Waals surface area contributed by atoms with Gasteiger partial charge in [-0.3, -0.25) is 19.7 Å². The number of carbonyl (C=O) groups excluding carboxylic acids is 2. The Morgan fingerprint density at radius 1 is 1.08 bits per heavy atom. The number of hydrogen-bond acceptors (Lipinski definition) is 5. The van der Waals surface area contributed by atoms with Crippen LogP contribution in [-0.4, -0.2) is 39.9 Å². The second kappa shape index (κ2) is 8.55. The minimum atomic E-state index is -1.00. The van der Waals surface area contributed by atoms with Crippen molar-refractivity contribution in [1.29, 1.82) is 0 Å². The lowest BCUT2D eigenvalue weighted by molar-refractivity contribution is -0.383. The summed E-state index contributed by atoms with van der Waals surface area (Å²) in [7, 11) is 0. The quantitative estimate of drug-likeness (QED) is 0.469. The van der Waals surface area contributed by atoms with Gasteiger partial charge in [-0.05, 0) is 11.6 Å². The first-order valence-electron chi connectivity index (χ1n) is 7.51. The van der Waals surface area contributed by atoms with Gasteiger partial charge in [0, 0.05) is 19.2 Å². The van der Waals surface area contributed by atoms with Crippen molar-refractivity contribution in [3.63, 3.8) is 0 Å². The van der Waals surface area contributed by atoms with Gasteiger partial charge in [-0.1, -0.05) is 42.5 Å². The van der Waals surface area contributed by atoms with Crippen molar-refractivity contribution in [1.82, 2.24) is 4.90 Å². The Morgan fingerprint density at radius 3 is 2.36 bits per heavy atom. The van der Waals surface area contributed by atoms with E-state index in [1.807, 2.05) is 6.07 Å². The van der Waals surface area contributed by atoms with Gasteiger partial charge >= 0.3 is 11.8 Å². The standard InChI is InChI=1S/C17H17N3O5/c21-11-10-19(12-13-6-2-1-3-7-13)17(23)16(22)18-14-8-4-5-9-15(14)20(24)25/h1-9,21H,10-12H2,(H,18,22). The Hall–Kier alpha value is -3.26. The van der Waals surface area contributed by atoms with Gasteiger partial charge in [0.2, 0.25) is 0 Å². The maximum absolute atomic E-state index is 12.4. The Balaban J connectivity index is 2.13. The van der Waals surface area contributed by atoms with Crippen molar-refractivity contribution in [3.05, 3.63) is 70.3 Å². The van der Waals surface area contributed by atoms with Crippen LogP contribution >= 0.6 is 0 Å². The number of amides is 2. The molecule has 2 aromatic carbocycles. The molecule has 2 amide bonds. The lowest BCUT2D eigenvalue weighted by atomic mass is 10.2. The van der Waals surface area contributed by atoms with E-state index in [1.54, 1.807) is 24.3 Å². The minimum Gasteiger partial charge on any atom is -0.395 e. The smallest absolute Gasteiger partial charge is 0.314 e. The number of carbonyl (C=O) groups is 2. The second-order valence-electron chi connectivity index (χ2n) is 5.16. The maximum Gasteiger partial charge on any atom is 0.314 e. The Morgan fingerprint density at radius 2 is 1.72 bits per heavy atom. The van der Waals surface area contributed by atoms with Gasteiger partial charge in [0.15, 0.2) is 0 Å². The van der Waals surface area contributed by atoms with Crippen molar-refractivity contribution in [2.45, 2.75) is 6.54 Å². The predicted octanol–water partition coefficient (Wildman–Crippen LogP) is 1.55. The highest BCUT2D eigenvalue weighted by Gasteiger charge is 2.24. The van der Waals surface area contributed by atoms with E-state index >= 15 is 0 Å². The zero-order valence-corrected chi connectivity index (χ0v) is 13.3. The molecular weight excluding hydrogens is 326 g/mol. The number of nitro groups is 1. The van der Waals surface area contributed by atoms with Crippen LogP contribution in [0.3, 0.4) is 0 Å². The van der Waals surface area contributed by atoms with Crippen molar-refractivity contribution in [2.75, 3.05) is 18.5 Å². The highest BCUT2D eigenvalue weighted by Crippen LogP contribution is 2.23. The molecule has 0 aliphatic rings. The van der Waals surface area contributed by atoms with Crippen LogP contribution in [0.1, 0.15) is 5.56 Å². The lowest BCUT2D eigenvalue weighted by Crippen LogP contribution is -2.40. The number of para-hydroxylation sites is 2. The zero-order chi connectivity index (χ0) is 18.2. The van der Waals surface area contributed by atoms with Crippen LogP contribution in [0, 0.1) is 10.1 Å². The summed E-state index contributed by atoms with van der Waals surface area (Å²) in [5.74, 6) is -1.88. The van der Waals surface area contributed by atoms with E-state index in [1.165, 1.54) is 29.2 Å². The summed E-state index contributed by atoms with van der Waals surface area (Å²) in [5.41, 5.74) is 0.428. The number of nitrogens with zero attached hydrogens (tertiary/aromatic N) is 2. The molecule has 0 spiro atoms. The molecular formula is C17H17N3O5. The van der Waals surface area contributed by atoms with Crippen LogP contribution in [0.25, 0.3) is 0 Å². The van der Waals surface area contributed by atoms with Crippen LogP contribution in [0.15, 0.2) is 54.6 Å². The average Bonchev–Trinajstić information content (AvgIpc) is 2.62.